The Morgan fingerprint density at radius 3 is 2.43 bits per heavy atom. The van der Waals surface area contributed by atoms with E-state index < -0.39 is 0 Å². The van der Waals surface area contributed by atoms with Crippen LogP contribution in [-0.4, -0.2) is 11.7 Å². The zero-order valence-electron chi connectivity index (χ0n) is 13.9. The molecule has 0 saturated carbocycles. The number of hydrogen-bond donors (Lipinski definition) is 0. The van der Waals surface area contributed by atoms with Gasteiger partial charge in [0.25, 0.3) is 0 Å². The fraction of sp³-hybridized carbons (Fsp3) is 0.211. The van der Waals surface area contributed by atoms with E-state index in [4.69, 9.17) is 4.74 Å². The summed E-state index contributed by atoms with van der Waals surface area (Å²) in [6, 6.07) is 10.4. The van der Waals surface area contributed by atoms with Crippen molar-refractivity contribution >= 4 is 23.1 Å². The van der Waals surface area contributed by atoms with Crippen LogP contribution in [0.3, 0.4) is 0 Å². The fourth-order valence-corrected chi connectivity index (χ4v) is 2.72. The molecule has 0 fully saturated rings. The number of pyridine rings is 1. The van der Waals surface area contributed by atoms with Crippen molar-refractivity contribution in [3.05, 3.63) is 59.5 Å². The summed E-state index contributed by atoms with van der Waals surface area (Å²) in [5.74, 6) is 0.888. The topological polar surface area (TPSA) is 18.0 Å². The van der Waals surface area contributed by atoms with E-state index >= 15 is 0 Å². The number of nitrogens with zero attached hydrogens (tertiary/aromatic N) is 2. The van der Waals surface area contributed by atoms with Crippen molar-refractivity contribution in [3.8, 4) is 5.75 Å². The van der Waals surface area contributed by atoms with Crippen molar-refractivity contribution in [2.75, 3.05) is 7.11 Å². The van der Waals surface area contributed by atoms with Crippen LogP contribution in [0.4, 0.5) is 0 Å². The Hall–Kier alpha value is -1.82. The first-order valence-corrected chi connectivity index (χ1v) is 7.36. The summed E-state index contributed by atoms with van der Waals surface area (Å²) in [4.78, 5) is 0. The van der Waals surface area contributed by atoms with Crippen LogP contribution in [0, 0.1) is 6.92 Å². The molecule has 1 aromatic carbocycles. The van der Waals surface area contributed by atoms with E-state index in [0.29, 0.717) is 0 Å². The molecular formula is C19H21IN2O. The number of hydrogen-bond acceptors (Lipinski definition) is 1. The van der Waals surface area contributed by atoms with Gasteiger partial charge < -0.3 is 33.3 Å². The predicted molar refractivity (Wildman–Crippen MR) is 90.8 cm³/mol. The van der Waals surface area contributed by atoms with Crippen LogP contribution in [-0.2, 0) is 14.1 Å². The smallest absolute Gasteiger partial charge is 0.169 e. The number of aryl methyl sites for hydroxylation is 2. The number of benzene rings is 1. The summed E-state index contributed by atoms with van der Waals surface area (Å²) < 4.78 is 9.62. The van der Waals surface area contributed by atoms with Crippen LogP contribution in [0.15, 0.2) is 42.7 Å². The van der Waals surface area contributed by atoms with Crippen LogP contribution in [0.2, 0.25) is 0 Å². The largest absolute Gasteiger partial charge is 1.00 e. The lowest BCUT2D eigenvalue weighted by Gasteiger charge is -2.00. The van der Waals surface area contributed by atoms with Crippen molar-refractivity contribution in [2.24, 2.45) is 14.1 Å². The van der Waals surface area contributed by atoms with Gasteiger partial charge in [-0.05, 0) is 30.7 Å². The molecule has 2 aromatic heterocycles. The highest BCUT2D eigenvalue weighted by Gasteiger charge is 2.10. The average Bonchev–Trinajstić information content (AvgIpc) is 2.78. The molecule has 23 heavy (non-hydrogen) atoms. The zero-order chi connectivity index (χ0) is 15.7. The molecule has 0 radical (unpaired) electrons. The van der Waals surface area contributed by atoms with Crippen molar-refractivity contribution in [2.45, 2.75) is 6.92 Å². The minimum Gasteiger partial charge on any atom is -1.00 e. The number of methoxy groups -OCH3 is 1. The van der Waals surface area contributed by atoms with Gasteiger partial charge in [0.2, 0.25) is 0 Å². The Morgan fingerprint density at radius 2 is 1.78 bits per heavy atom. The fourth-order valence-electron chi connectivity index (χ4n) is 2.72. The van der Waals surface area contributed by atoms with Crippen molar-refractivity contribution < 1.29 is 33.3 Å². The molecule has 120 valence electrons. The van der Waals surface area contributed by atoms with Gasteiger partial charge in [-0.25, -0.2) is 4.57 Å². The normalized spacial score (nSPS) is 11.0. The maximum Gasteiger partial charge on any atom is 0.169 e. The Bertz CT molecular complexity index is 848. The molecule has 3 nitrogen and oxygen atoms in total. The molecule has 0 unspecified atom stereocenters. The third-order valence-corrected chi connectivity index (χ3v) is 4.19. The predicted octanol–water partition coefficient (Wildman–Crippen LogP) is 0.494. The highest BCUT2D eigenvalue weighted by atomic mass is 127. The summed E-state index contributed by atoms with van der Waals surface area (Å²) in [6.07, 6.45) is 8.45. The van der Waals surface area contributed by atoms with Gasteiger partial charge in [-0.15, -0.1) is 0 Å². The van der Waals surface area contributed by atoms with E-state index in [9.17, 15) is 0 Å². The van der Waals surface area contributed by atoms with Gasteiger partial charge in [-0.1, -0.05) is 12.2 Å². The minimum absolute atomic E-state index is 0. The van der Waals surface area contributed by atoms with Crippen molar-refractivity contribution in [1.29, 1.82) is 0 Å². The standard InChI is InChI=1S/C19H21N2O.HI/c1-14-17(7-5-15-9-11-20(2)12-10-15)18-13-16(22-4)6-8-19(18)21(14)3;/h5-13H,1-4H3;1H/q+1;/p-1. The maximum atomic E-state index is 5.37. The average molecular weight is 420 g/mol. The van der Waals surface area contributed by atoms with Gasteiger partial charge in [0, 0.05) is 41.3 Å². The molecular weight excluding hydrogens is 399 g/mol. The number of fused-ring (bicyclic) bond motifs is 1. The maximum absolute atomic E-state index is 5.37. The molecule has 4 heteroatoms. The van der Waals surface area contributed by atoms with E-state index in [0.717, 1.165) is 5.75 Å². The first-order valence-electron chi connectivity index (χ1n) is 7.36. The highest BCUT2D eigenvalue weighted by molar-refractivity contribution is 5.94. The summed E-state index contributed by atoms with van der Waals surface area (Å²) in [5, 5.41) is 1.22. The molecule has 3 rings (SSSR count). The van der Waals surface area contributed by atoms with Gasteiger partial charge >= 0.3 is 0 Å². The number of ether oxygens (including phenoxy) is 1. The lowest BCUT2D eigenvalue weighted by atomic mass is 10.1. The molecule has 0 aliphatic carbocycles. The lowest BCUT2D eigenvalue weighted by molar-refractivity contribution is -0.671. The summed E-state index contributed by atoms with van der Waals surface area (Å²) in [5.41, 5.74) is 4.90. The highest BCUT2D eigenvalue weighted by Crippen LogP contribution is 2.29. The van der Waals surface area contributed by atoms with Crippen molar-refractivity contribution in [3.63, 3.8) is 0 Å². The molecule has 0 spiro atoms. The van der Waals surface area contributed by atoms with E-state index in [1.807, 2.05) is 17.7 Å². The first kappa shape index (κ1) is 17.5. The summed E-state index contributed by atoms with van der Waals surface area (Å²) in [6.45, 7) is 2.15. The van der Waals surface area contributed by atoms with Gasteiger partial charge in [0.05, 0.1) is 7.11 Å². The first-order chi connectivity index (χ1) is 10.6. The second-order valence-corrected chi connectivity index (χ2v) is 5.57. The molecule has 0 amide bonds. The van der Waals surface area contributed by atoms with E-state index in [-0.39, 0.29) is 24.0 Å². The molecule has 0 saturated heterocycles. The van der Waals surface area contributed by atoms with E-state index in [1.165, 1.54) is 27.7 Å². The molecule has 0 aliphatic heterocycles. The van der Waals surface area contributed by atoms with Gasteiger partial charge in [0.1, 0.15) is 12.8 Å². The second-order valence-electron chi connectivity index (χ2n) is 5.57. The van der Waals surface area contributed by atoms with Crippen LogP contribution in [0.5, 0.6) is 5.75 Å². The van der Waals surface area contributed by atoms with Crippen LogP contribution in [0.1, 0.15) is 16.8 Å². The Kier molecular flexibility index (Phi) is 5.46. The van der Waals surface area contributed by atoms with Gasteiger partial charge in [-0.3, -0.25) is 0 Å². The molecule has 0 aliphatic rings. The Balaban J connectivity index is 0.00000192. The van der Waals surface area contributed by atoms with Crippen LogP contribution < -0.4 is 33.3 Å². The Labute approximate surface area is 154 Å². The van der Waals surface area contributed by atoms with Gasteiger partial charge in [0.15, 0.2) is 12.4 Å². The quantitative estimate of drug-likeness (QED) is 0.446. The third kappa shape index (κ3) is 3.42. The molecule has 3 aromatic rings. The summed E-state index contributed by atoms with van der Waals surface area (Å²) >= 11 is 0. The minimum atomic E-state index is 0. The van der Waals surface area contributed by atoms with Crippen LogP contribution >= 0.6 is 0 Å². The lowest BCUT2D eigenvalue weighted by Crippen LogP contribution is -3.00. The van der Waals surface area contributed by atoms with Crippen LogP contribution in [0.25, 0.3) is 23.1 Å². The number of rotatable bonds is 3. The molecule has 0 bridgehead atoms. The number of aromatic nitrogens is 2. The molecule has 2 heterocycles. The molecule has 0 atom stereocenters. The van der Waals surface area contributed by atoms with Gasteiger partial charge in [-0.2, -0.15) is 0 Å². The zero-order valence-corrected chi connectivity index (χ0v) is 16.0. The number of halogens is 1. The van der Waals surface area contributed by atoms with E-state index in [1.54, 1.807) is 7.11 Å². The van der Waals surface area contributed by atoms with E-state index in [2.05, 4.69) is 67.3 Å². The third-order valence-electron chi connectivity index (χ3n) is 4.19. The van der Waals surface area contributed by atoms with Crippen molar-refractivity contribution in [1.82, 2.24) is 4.57 Å². The summed E-state index contributed by atoms with van der Waals surface area (Å²) in [7, 11) is 5.83. The second kappa shape index (κ2) is 7.17. The Morgan fingerprint density at radius 1 is 1.09 bits per heavy atom. The SMILES string of the molecule is COc1ccc2c(c1)c(/C=C/c1cc[n+](C)cc1)c(C)n2C.[I-]. The molecule has 0 N–H and O–H groups in total. The monoisotopic (exact) mass is 420 g/mol.